The molecule has 3 rings (SSSR count). The van der Waals surface area contributed by atoms with Crippen LogP contribution < -0.4 is 5.32 Å². The number of anilines is 1. The molecule has 1 N–H and O–H groups in total. The first kappa shape index (κ1) is 12.2. The summed E-state index contributed by atoms with van der Waals surface area (Å²) in [7, 11) is 0. The Hall–Kier alpha value is -1.88. The topological polar surface area (TPSA) is 42.2 Å². The highest BCUT2D eigenvalue weighted by atomic mass is 32.1. The number of pyridine rings is 1. The van der Waals surface area contributed by atoms with Crippen molar-refractivity contribution < 1.29 is 0 Å². The third-order valence-electron chi connectivity index (χ3n) is 3.04. The van der Waals surface area contributed by atoms with Crippen LogP contribution in [0.5, 0.6) is 0 Å². The van der Waals surface area contributed by atoms with Gasteiger partial charge in [0.2, 0.25) is 5.95 Å². The molecule has 0 aliphatic heterocycles. The zero-order valence-electron chi connectivity index (χ0n) is 10.9. The van der Waals surface area contributed by atoms with Crippen LogP contribution >= 0.6 is 11.3 Å². The van der Waals surface area contributed by atoms with E-state index in [4.69, 9.17) is 0 Å². The second-order valence-corrected chi connectivity index (χ2v) is 5.80. The molecular formula is C14H16N4S. The molecule has 0 aliphatic rings. The minimum absolute atomic E-state index is 0.248. The molecule has 3 aromatic rings. The van der Waals surface area contributed by atoms with E-state index in [0.717, 1.165) is 5.65 Å². The molecule has 0 aromatic carbocycles. The molecule has 3 heterocycles. The predicted molar refractivity (Wildman–Crippen MR) is 78.5 cm³/mol. The van der Waals surface area contributed by atoms with Crippen LogP contribution in [0.3, 0.4) is 0 Å². The molecule has 1 unspecified atom stereocenters. The van der Waals surface area contributed by atoms with Crippen molar-refractivity contribution in [2.24, 2.45) is 5.92 Å². The van der Waals surface area contributed by atoms with Crippen LogP contribution in [0, 0.1) is 5.92 Å². The van der Waals surface area contributed by atoms with Crippen molar-refractivity contribution in [1.82, 2.24) is 14.6 Å². The van der Waals surface area contributed by atoms with Crippen molar-refractivity contribution in [3.8, 4) is 0 Å². The summed E-state index contributed by atoms with van der Waals surface area (Å²) in [5.41, 5.74) is 0.860. The van der Waals surface area contributed by atoms with Gasteiger partial charge in [-0.3, -0.25) is 0 Å². The number of hydrogen-bond donors (Lipinski definition) is 1. The molecule has 4 nitrogen and oxygen atoms in total. The number of rotatable bonds is 4. The molecular weight excluding hydrogens is 256 g/mol. The van der Waals surface area contributed by atoms with Gasteiger partial charge in [0, 0.05) is 11.1 Å². The highest BCUT2D eigenvalue weighted by Crippen LogP contribution is 2.28. The van der Waals surface area contributed by atoms with Gasteiger partial charge in [0.15, 0.2) is 5.65 Å². The van der Waals surface area contributed by atoms with Crippen LogP contribution in [0.15, 0.2) is 41.9 Å². The van der Waals surface area contributed by atoms with Gasteiger partial charge in [-0.05, 0) is 29.5 Å². The molecule has 0 amide bonds. The second kappa shape index (κ2) is 5.01. The van der Waals surface area contributed by atoms with E-state index >= 15 is 0 Å². The first-order chi connectivity index (χ1) is 9.24. The molecule has 0 aliphatic carbocycles. The summed E-state index contributed by atoms with van der Waals surface area (Å²) in [5, 5.41) is 9.98. The Kier molecular flexibility index (Phi) is 3.21. The normalized spacial score (nSPS) is 13.0. The molecule has 1 atom stereocenters. The van der Waals surface area contributed by atoms with E-state index in [9.17, 15) is 0 Å². The van der Waals surface area contributed by atoms with Gasteiger partial charge in [0.1, 0.15) is 0 Å². The Morgan fingerprint density at radius 3 is 2.79 bits per heavy atom. The lowest BCUT2D eigenvalue weighted by molar-refractivity contribution is 0.550. The van der Waals surface area contributed by atoms with E-state index < -0.39 is 0 Å². The number of thiophene rings is 1. The van der Waals surface area contributed by atoms with Crippen molar-refractivity contribution in [1.29, 1.82) is 0 Å². The third kappa shape index (κ3) is 2.46. The summed E-state index contributed by atoms with van der Waals surface area (Å²) >= 11 is 1.76. The zero-order chi connectivity index (χ0) is 13.2. The van der Waals surface area contributed by atoms with E-state index in [1.807, 2.05) is 24.4 Å². The number of nitrogens with one attached hydrogen (secondary N) is 1. The van der Waals surface area contributed by atoms with E-state index in [1.54, 1.807) is 15.9 Å². The monoisotopic (exact) mass is 272 g/mol. The van der Waals surface area contributed by atoms with Gasteiger partial charge in [0.25, 0.3) is 0 Å². The maximum atomic E-state index is 4.49. The average molecular weight is 272 g/mol. The summed E-state index contributed by atoms with van der Waals surface area (Å²) in [6.45, 7) is 4.40. The first-order valence-electron chi connectivity index (χ1n) is 6.35. The van der Waals surface area contributed by atoms with Crippen LogP contribution in [0.1, 0.15) is 24.8 Å². The number of nitrogens with zero attached hydrogens (tertiary/aromatic N) is 3. The Bertz CT molecular complexity index is 624. The zero-order valence-corrected chi connectivity index (χ0v) is 11.8. The van der Waals surface area contributed by atoms with Crippen LogP contribution in [0.25, 0.3) is 5.65 Å². The summed E-state index contributed by atoms with van der Waals surface area (Å²) in [6, 6.07) is 10.3. The molecule has 0 saturated carbocycles. The van der Waals surface area contributed by atoms with Crippen molar-refractivity contribution in [3.63, 3.8) is 0 Å². The summed E-state index contributed by atoms with van der Waals surface area (Å²) < 4.78 is 1.79. The lowest BCUT2D eigenvalue weighted by Gasteiger charge is -2.20. The first-order valence-corrected chi connectivity index (χ1v) is 7.23. The minimum Gasteiger partial charge on any atom is -0.345 e. The largest absolute Gasteiger partial charge is 0.345 e. The van der Waals surface area contributed by atoms with Gasteiger partial charge in [-0.1, -0.05) is 26.0 Å². The third-order valence-corrected chi connectivity index (χ3v) is 4.00. The number of fused-ring (bicyclic) bond motifs is 1. The average Bonchev–Trinajstić information content (AvgIpc) is 3.04. The minimum atomic E-state index is 0.248. The smallest absolute Gasteiger partial charge is 0.243 e. The lowest BCUT2D eigenvalue weighted by Crippen LogP contribution is -2.16. The molecule has 5 heteroatoms. The quantitative estimate of drug-likeness (QED) is 0.789. The van der Waals surface area contributed by atoms with Gasteiger partial charge in [0.05, 0.1) is 6.04 Å². The van der Waals surface area contributed by atoms with Crippen molar-refractivity contribution in [2.75, 3.05) is 5.32 Å². The summed E-state index contributed by atoms with van der Waals surface area (Å²) in [6.07, 6.45) is 1.91. The fourth-order valence-corrected chi connectivity index (χ4v) is 3.02. The molecule has 19 heavy (non-hydrogen) atoms. The number of aromatic nitrogens is 3. The summed E-state index contributed by atoms with van der Waals surface area (Å²) in [4.78, 5) is 5.80. The van der Waals surface area contributed by atoms with Crippen LogP contribution in [-0.4, -0.2) is 14.6 Å². The molecule has 0 saturated heterocycles. The summed E-state index contributed by atoms with van der Waals surface area (Å²) in [5.74, 6) is 1.16. The molecule has 0 spiro atoms. The second-order valence-electron chi connectivity index (χ2n) is 4.82. The Morgan fingerprint density at radius 2 is 2.11 bits per heavy atom. The highest BCUT2D eigenvalue weighted by Gasteiger charge is 2.18. The van der Waals surface area contributed by atoms with Gasteiger partial charge < -0.3 is 5.32 Å². The molecule has 98 valence electrons. The lowest BCUT2D eigenvalue weighted by atomic mass is 10.0. The van der Waals surface area contributed by atoms with Gasteiger partial charge >= 0.3 is 0 Å². The number of hydrogen-bond acceptors (Lipinski definition) is 4. The van der Waals surface area contributed by atoms with Gasteiger partial charge in [-0.2, -0.15) is 4.98 Å². The van der Waals surface area contributed by atoms with Gasteiger partial charge in [-0.25, -0.2) is 4.52 Å². The molecule has 3 aromatic heterocycles. The molecule has 0 radical (unpaired) electrons. The SMILES string of the molecule is CC(C)C(Nc1nc2ccccn2n1)c1cccs1. The standard InChI is InChI=1S/C14H16N4S/c1-10(2)13(11-6-5-9-19-11)16-14-15-12-7-3-4-8-18(12)17-14/h3-10,13H,1-2H3,(H,16,17). The highest BCUT2D eigenvalue weighted by molar-refractivity contribution is 7.10. The van der Waals surface area contributed by atoms with E-state index in [2.05, 4.69) is 46.8 Å². The molecule has 0 fully saturated rings. The maximum Gasteiger partial charge on any atom is 0.243 e. The van der Waals surface area contributed by atoms with Gasteiger partial charge in [-0.15, -0.1) is 16.4 Å². The Balaban J connectivity index is 1.89. The van der Waals surface area contributed by atoms with Crippen LogP contribution in [0.2, 0.25) is 0 Å². The van der Waals surface area contributed by atoms with Crippen LogP contribution in [-0.2, 0) is 0 Å². The van der Waals surface area contributed by atoms with Crippen molar-refractivity contribution in [2.45, 2.75) is 19.9 Å². The van der Waals surface area contributed by atoms with E-state index in [1.165, 1.54) is 4.88 Å². The fraction of sp³-hybridized carbons (Fsp3) is 0.286. The van der Waals surface area contributed by atoms with E-state index in [-0.39, 0.29) is 6.04 Å². The fourth-order valence-electron chi connectivity index (χ4n) is 2.07. The van der Waals surface area contributed by atoms with Crippen molar-refractivity contribution in [3.05, 3.63) is 46.8 Å². The van der Waals surface area contributed by atoms with Crippen molar-refractivity contribution >= 4 is 22.9 Å². The molecule has 0 bridgehead atoms. The Labute approximate surface area is 116 Å². The maximum absolute atomic E-state index is 4.49. The van der Waals surface area contributed by atoms with E-state index in [0.29, 0.717) is 11.9 Å². The Morgan fingerprint density at radius 1 is 1.21 bits per heavy atom. The van der Waals surface area contributed by atoms with Crippen LogP contribution in [0.4, 0.5) is 5.95 Å². The predicted octanol–water partition coefficient (Wildman–Crippen LogP) is 3.60.